The summed E-state index contributed by atoms with van der Waals surface area (Å²) in [5, 5.41) is 5.50. The maximum absolute atomic E-state index is 13.7. The molecule has 0 aliphatic carbocycles. The van der Waals surface area contributed by atoms with Crippen molar-refractivity contribution in [1.29, 1.82) is 0 Å². The van der Waals surface area contributed by atoms with Crippen LogP contribution in [0.3, 0.4) is 0 Å². The normalized spacial score (nSPS) is 10.6. The van der Waals surface area contributed by atoms with Crippen molar-refractivity contribution in [1.82, 2.24) is 4.98 Å². The maximum Gasteiger partial charge on any atom is 0.183 e. The largest absolute Gasteiger partial charge is 0.361 e. The van der Waals surface area contributed by atoms with E-state index in [1.165, 1.54) is 35.1 Å². The minimum absolute atomic E-state index is 0.0742. The predicted molar refractivity (Wildman–Crippen MR) is 86.1 cm³/mol. The quantitative estimate of drug-likeness (QED) is 0.735. The summed E-state index contributed by atoms with van der Waals surface area (Å²) in [4.78, 5) is 4.26. The molecule has 3 aromatic rings. The molecular formula is C17H14F2N2S. The fraction of sp³-hybridized carbons (Fsp3) is 0.118. The van der Waals surface area contributed by atoms with Gasteiger partial charge in [-0.2, -0.15) is 0 Å². The molecule has 0 fully saturated rings. The second kappa shape index (κ2) is 6.66. The molecule has 22 heavy (non-hydrogen) atoms. The fourth-order valence-electron chi connectivity index (χ4n) is 2.17. The lowest BCUT2D eigenvalue weighted by Gasteiger charge is -2.03. The number of hydrogen-bond acceptors (Lipinski definition) is 3. The van der Waals surface area contributed by atoms with Gasteiger partial charge in [-0.05, 0) is 24.1 Å². The number of nitrogens with zero attached hydrogens (tertiary/aromatic N) is 1. The van der Waals surface area contributed by atoms with Gasteiger partial charge in [0.15, 0.2) is 5.13 Å². The fourth-order valence-corrected chi connectivity index (χ4v) is 2.90. The van der Waals surface area contributed by atoms with E-state index in [2.05, 4.69) is 22.4 Å². The van der Waals surface area contributed by atoms with Gasteiger partial charge in [-0.15, -0.1) is 11.3 Å². The molecule has 0 bridgehead atoms. The highest BCUT2D eigenvalue weighted by molar-refractivity contribution is 7.14. The Labute approximate surface area is 131 Å². The molecule has 1 N–H and O–H groups in total. The molecule has 1 heterocycles. The van der Waals surface area contributed by atoms with Crippen molar-refractivity contribution >= 4 is 16.5 Å². The van der Waals surface area contributed by atoms with Crippen molar-refractivity contribution in [2.24, 2.45) is 0 Å². The molecule has 5 heteroatoms. The van der Waals surface area contributed by atoms with E-state index in [1.54, 1.807) is 5.38 Å². The van der Waals surface area contributed by atoms with Crippen LogP contribution in [0.15, 0.2) is 53.9 Å². The van der Waals surface area contributed by atoms with Gasteiger partial charge in [0.2, 0.25) is 0 Å². The van der Waals surface area contributed by atoms with Gasteiger partial charge < -0.3 is 5.32 Å². The highest BCUT2D eigenvalue weighted by Gasteiger charge is 2.14. The third kappa shape index (κ3) is 3.31. The van der Waals surface area contributed by atoms with Gasteiger partial charge in [0.25, 0.3) is 0 Å². The van der Waals surface area contributed by atoms with E-state index < -0.39 is 11.6 Å². The lowest BCUT2D eigenvalue weighted by Crippen LogP contribution is -2.04. The van der Waals surface area contributed by atoms with Gasteiger partial charge in [-0.1, -0.05) is 36.4 Å². The topological polar surface area (TPSA) is 24.9 Å². The van der Waals surface area contributed by atoms with Gasteiger partial charge in [-0.3, -0.25) is 0 Å². The molecule has 0 saturated heterocycles. The third-order valence-corrected chi connectivity index (χ3v) is 4.06. The average Bonchev–Trinajstić information content (AvgIpc) is 2.97. The second-order valence-corrected chi connectivity index (χ2v) is 5.66. The van der Waals surface area contributed by atoms with Crippen LogP contribution in [0.5, 0.6) is 0 Å². The van der Waals surface area contributed by atoms with Crippen molar-refractivity contribution in [2.75, 3.05) is 11.9 Å². The number of benzene rings is 2. The molecule has 0 saturated carbocycles. The van der Waals surface area contributed by atoms with Crippen molar-refractivity contribution in [3.05, 3.63) is 71.1 Å². The molecule has 2 aromatic carbocycles. The minimum atomic E-state index is -0.596. The lowest BCUT2D eigenvalue weighted by molar-refractivity contribution is 0.589. The Morgan fingerprint density at radius 2 is 1.68 bits per heavy atom. The van der Waals surface area contributed by atoms with E-state index in [1.807, 2.05) is 18.2 Å². The number of nitrogens with one attached hydrogen (secondary N) is 1. The molecule has 0 amide bonds. The summed E-state index contributed by atoms with van der Waals surface area (Å²) in [6.07, 6.45) is 0.865. The highest BCUT2D eigenvalue weighted by atomic mass is 32.1. The van der Waals surface area contributed by atoms with Gasteiger partial charge >= 0.3 is 0 Å². The molecular weight excluding hydrogens is 302 g/mol. The number of hydrogen-bond donors (Lipinski definition) is 1. The van der Waals surface area contributed by atoms with E-state index in [0.29, 0.717) is 10.8 Å². The number of aromatic nitrogens is 1. The van der Waals surface area contributed by atoms with Crippen LogP contribution < -0.4 is 5.32 Å². The molecule has 112 valence electrons. The van der Waals surface area contributed by atoms with Gasteiger partial charge in [0.1, 0.15) is 11.6 Å². The highest BCUT2D eigenvalue weighted by Crippen LogP contribution is 2.29. The molecule has 0 spiro atoms. The third-order valence-electron chi connectivity index (χ3n) is 3.26. The first-order chi connectivity index (χ1) is 10.7. The average molecular weight is 316 g/mol. The summed E-state index contributed by atoms with van der Waals surface area (Å²) in [5.41, 5.74) is 1.48. The first-order valence-electron chi connectivity index (χ1n) is 6.92. The summed E-state index contributed by atoms with van der Waals surface area (Å²) in [7, 11) is 0. The van der Waals surface area contributed by atoms with E-state index in [0.717, 1.165) is 13.0 Å². The smallest absolute Gasteiger partial charge is 0.183 e. The van der Waals surface area contributed by atoms with E-state index in [-0.39, 0.29) is 5.56 Å². The summed E-state index contributed by atoms with van der Waals surface area (Å²) < 4.78 is 27.4. The summed E-state index contributed by atoms with van der Waals surface area (Å²) >= 11 is 1.34. The first kappa shape index (κ1) is 14.7. The lowest BCUT2D eigenvalue weighted by atomic mass is 10.1. The Morgan fingerprint density at radius 1 is 0.955 bits per heavy atom. The van der Waals surface area contributed by atoms with Crippen LogP contribution >= 0.6 is 11.3 Å². The zero-order valence-corrected chi connectivity index (χ0v) is 12.5. The van der Waals surface area contributed by atoms with Crippen LogP contribution in [0.1, 0.15) is 5.56 Å². The second-order valence-electron chi connectivity index (χ2n) is 4.80. The van der Waals surface area contributed by atoms with Gasteiger partial charge in [0.05, 0.1) is 11.3 Å². The van der Waals surface area contributed by atoms with E-state index in [4.69, 9.17) is 0 Å². The van der Waals surface area contributed by atoms with E-state index in [9.17, 15) is 8.78 Å². The van der Waals surface area contributed by atoms with Crippen molar-refractivity contribution in [2.45, 2.75) is 6.42 Å². The molecule has 0 aliphatic heterocycles. The molecule has 0 unspecified atom stereocenters. The predicted octanol–water partition coefficient (Wildman–Crippen LogP) is 4.74. The van der Waals surface area contributed by atoms with Crippen LogP contribution in [0, 0.1) is 11.6 Å². The zero-order chi connectivity index (χ0) is 15.4. The van der Waals surface area contributed by atoms with E-state index >= 15 is 0 Å². The Morgan fingerprint density at radius 3 is 2.41 bits per heavy atom. The summed E-state index contributed by atoms with van der Waals surface area (Å²) in [6, 6.07) is 13.9. The van der Waals surface area contributed by atoms with Crippen molar-refractivity contribution in [3.8, 4) is 11.3 Å². The molecule has 1 aromatic heterocycles. The number of anilines is 1. The van der Waals surface area contributed by atoms with Crippen LogP contribution in [-0.2, 0) is 6.42 Å². The molecule has 0 atom stereocenters. The van der Waals surface area contributed by atoms with Crippen LogP contribution in [0.4, 0.5) is 13.9 Å². The Kier molecular flexibility index (Phi) is 4.44. The summed E-state index contributed by atoms with van der Waals surface area (Å²) in [6.45, 7) is 0.719. The summed E-state index contributed by atoms with van der Waals surface area (Å²) in [5.74, 6) is -1.19. The van der Waals surface area contributed by atoms with Crippen molar-refractivity contribution in [3.63, 3.8) is 0 Å². The van der Waals surface area contributed by atoms with Gasteiger partial charge in [-0.25, -0.2) is 13.8 Å². The van der Waals surface area contributed by atoms with Crippen LogP contribution in [0.2, 0.25) is 0 Å². The standard InChI is InChI=1S/C17H14F2N2S/c18-13-7-4-8-14(19)16(13)15-11-22-17(21-15)20-10-9-12-5-2-1-3-6-12/h1-8,11H,9-10H2,(H,20,21). The Balaban J connectivity index is 1.67. The number of halogens is 2. The zero-order valence-electron chi connectivity index (χ0n) is 11.7. The Bertz CT molecular complexity index is 736. The maximum atomic E-state index is 13.7. The first-order valence-corrected chi connectivity index (χ1v) is 7.80. The number of rotatable bonds is 5. The SMILES string of the molecule is Fc1cccc(F)c1-c1csc(NCCc2ccccc2)n1. The monoisotopic (exact) mass is 316 g/mol. The molecule has 0 radical (unpaired) electrons. The van der Waals surface area contributed by atoms with Gasteiger partial charge in [0, 0.05) is 11.9 Å². The van der Waals surface area contributed by atoms with Crippen LogP contribution in [0.25, 0.3) is 11.3 Å². The molecule has 2 nitrogen and oxygen atoms in total. The number of thiazole rings is 1. The van der Waals surface area contributed by atoms with Crippen LogP contribution in [-0.4, -0.2) is 11.5 Å². The van der Waals surface area contributed by atoms with Crippen molar-refractivity contribution < 1.29 is 8.78 Å². The molecule has 0 aliphatic rings. The minimum Gasteiger partial charge on any atom is -0.361 e. The molecule has 3 rings (SSSR count). The Hall–Kier alpha value is -2.27.